The molecule has 0 spiro atoms. The van der Waals surface area contributed by atoms with Crippen LogP contribution in [0.1, 0.15) is 57.6 Å². The second-order valence-electron chi connectivity index (χ2n) is 6.52. The number of hydrogen-bond acceptors (Lipinski definition) is 3. The molecule has 1 aromatic carbocycles. The van der Waals surface area contributed by atoms with Crippen molar-refractivity contribution >= 4 is 5.84 Å². The van der Waals surface area contributed by atoms with E-state index in [1.54, 1.807) is 0 Å². The zero-order valence-electron chi connectivity index (χ0n) is 13.8. The van der Waals surface area contributed by atoms with Crippen LogP contribution in [0.15, 0.2) is 23.4 Å². The molecule has 0 aromatic heterocycles. The number of nitrogens with two attached hydrogens (primary N) is 1. The molecule has 0 bridgehead atoms. The van der Waals surface area contributed by atoms with Crippen LogP contribution in [0.5, 0.6) is 5.75 Å². The molecule has 118 valence electrons. The van der Waals surface area contributed by atoms with Crippen molar-refractivity contribution in [2.45, 2.75) is 53.4 Å². The molecule has 0 aliphatic heterocycles. The zero-order valence-corrected chi connectivity index (χ0v) is 13.8. The van der Waals surface area contributed by atoms with Gasteiger partial charge in [0, 0.05) is 5.41 Å². The smallest absolute Gasteiger partial charge is 0.144 e. The third kappa shape index (κ3) is 4.96. The molecule has 21 heavy (non-hydrogen) atoms. The summed E-state index contributed by atoms with van der Waals surface area (Å²) in [6, 6.07) is 6.34. The normalized spacial score (nSPS) is 12.8. The minimum atomic E-state index is -0.314. The molecule has 0 unspecified atom stereocenters. The topological polar surface area (TPSA) is 67.8 Å². The summed E-state index contributed by atoms with van der Waals surface area (Å²) >= 11 is 0. The first-order valence-electron chi connectivity index (χ1n) is 7.49. The summed E-state index contributed by atoms with van der Waals surface area (Å²) in [6.07, 6.45) is 1.67. The Labute approximate surface area is 128 Å². The quantitative estimate of drug-likeness (QED) is 0.262. The first-order valence-corrected chi connectivity index (χ1v) is 7.49. The second kappa shape index (κ2) is 7.34. The maximum absolute atomic E-state index is 8.76. The van der Waals surface area contributed by atoms with Crippen LogP contribution >= 0.6 is 0 Å². The average molecular weight is 292 g/mol. The number of ether oxygens (including phenoxy) is 1. The predicted molar refractivity (Wildman–Crippen MR) is 87.2 cm³/mol. The molecule has 0 saturated heterocycles. The lowest BCUT2D eigenvalue weighted by molar-refractivity contribution is 0.275. The third-order valence-electron chi connectivity index (χ3n) is 3.80. The number of aryl methyl sites for hydroxylation is 1. The minimum Gasteiger partial charge on any atom is -0.493 e. The minimum absolute atomic E-state index is 0.265. The molecule has 1 aromatic rings. The first kappa shape index (κ1) is 17.3. The Kier molecular flexibility index (Phi) is 6.06. The van der Waals surface area contributed by atoms with Gasteiger partial charge in [-0.15, -0.1) is 0 Å². The van der Waals surface area contributed by atoms with Gasteiger partial charge in [-0.05, 0) is 42.9 Å². The average Bonchev–Trinajstić information content (AvgIpc) is 2.42. The van der Waals surface area contributed by atoms with Crippen molar-refractivity contribution in [2.75, 3.05) is 6.61 Å². The van der Waals surface area contributed by atoms with Gasteiger partial charge in [-0.3, -0.25) is 0 Å². The van der Waals surface area contributed by atoms with Crippen molar-refractivity contribution in [1.82, 2.24) is 0 Å². The molecular weight excluding hydrogens is 264 g/mol. The Morgan fingerprint density at radius 2 is 2.05 bits per heavy atom. The Bertz CT molecular complexity index is 494. The SMILES string of the molecule is Cc1ccc(C(C)C)c(OCCCC(C)(C)C(N)=NO)c1. The van der Waals surface area contributed by atoms with Crippen molar-refractivity contribution in [3.05, 3.63) is 29.3 Å². The molecule has 0 atom stereocenters. The first-order chi connectivity index (χ1) is 9.77. The molecule has 4 nitrogen and oxygen atoms in total. The van der Waals surface area contributed by atoms with E-state index in [9.17, 15) is 0 Å². The monoisotopic (exact) mass is 292 g/mol. The summed E-state index contributed by atoms with van der Waals surface area (Å²) < 4.78 is 5.94. The number of benzene rings is 1. The van der Waals surface area contributed by atoms with Crippen LogP contribution in [0.4, 0.5) is 0 Å². The van der Waals surface area contributed by atoms with Crippen LogP contribution < -0.4 is 10.5 Å². The van der Waals surface area contributed by atoms with Crippen LogP contribution in [0.25, 0.3) is 0 Å². The maximum Gasteiger partial charge on any atom is 0.144 e. The number of amidine groups is 1. The van der Waals surface area contributed by atoms with Gasteiger partial charge in [0.05, 0.1) is 6.61 Å². The summed E-state index contributed by atoms with van der Waals surface area (Å²) in [5, 5.41) is 11.9. The Morgan fingerprint density at radius 3 is 2.62 bits per heavy atom. The van der Waals surface area contributed by atoms with Crippen LogP contribution in [0.3, 0.4) is 0 Å². The largest absolute Gasteiger partial charge is 0.493 e. The van der Waals surface area contributed by atoms with Gasteiger partial charge in [0.1, 0.15) is 11.6 Å². The molecule has 0 amide bonds. The fourth-order valence-corrected chi connectivity index (χ4v) is 2.20. The van der Waals surface area contributed by atoms with Crippen molar-refractivity contribution in [1.29, 1.82) is 0 Å². The molecule has 0 saturated carbocycles. The van der Waals surface area contributed by atoms with E-state index in [4.69, 9.17) is 15.7 Å². The number of oxime groups is 1. The summed E-state index contributed by atoms with van der Waals surface area (Å²) in [4.78, 5) is 0. The highest BCUT2D eigenvalue weighted by atomic mass is 16.5. The van der Waals surface area contributed by atoms with Gasteiger partial charge in [0.25, 0.3) is 0 Å². The second-order valence-corrected chi connectivity index (χ2v) is 6.52. The summed E-state index contributed by atoms with van der Waals surface area (Å²) in [5.74, 6) is 1.67. The van der Waals surface area contributed by atoms with E-state index in [-0.39, 0.29) is 11.3 Å². The van der Waals surface area contributed by atoms with E-state index in [0.29, 0.717) is 12.5 Å². The Morgan fingerprint density at radius 1 is 1.38 bits per heavy atom. The van der Waals surface area contributed by atoms with Crippen molar-refractivity contribution < 1.29 is 9.94 Å². The fraction of sp³-hybridized carbons (Fsp3) is 0.588. The van der Waals surface area contributed by atoms with Crippen LogP contribution in [0, 0.1) is 12.3 Å². The van der Waals surface area contributed by atoms with Gasteiger partial charge < -0.3 is 15.7 Å². The summed E-state index contributed by atoms with van der Waals surface area (Å²) in [5.41, 5.74) is 7.81. The highest BCUT2D eigenvalue weighted by Crippen LogP contribution is 2.28. The molecule has 3 N–H and O–H groups in total. The maximum atomic E-state index is 8.76. The molecule has 0 heterocycles. The number of hydrogen-bond donors (Lipinski definition) is 2. The summed E-state index contributed by atoms with van der Waals surface area (Å²) in [7, 11) is 0. The Hall–Kier alpha value is -1.71. The van der Waals surface area contributed by atoms with E-state index >= 15 is 0 Å². The van der Waals surface area contributed by atoms with E-state index in [1.165, 1.54) is 11.1 Å². The molecule has 0 aliphatic carbocycles. The predicted octanol–water partition coefficient (Wildman–Crippen LogP) is 4.05. The van der Waals surface area contributed by atoms with Crippen LogP contribution in [-0.2, 0) is 0 Å². The van der Waals surface area contributed by atoms with Crippen molar-refractivity contribution in [2.24, 2.45) is 16.3 Å². The van der Waals surface area contributed by atoms with Crippen molar-refractivity contribution in [3.8, 4) is 5.75 Å². The highest BCUT2D eigenvalue weighted by Gasteiger charge is 2.23. The molecular formula is C17H28N2O2. The lowest BCUT2D eigenvalue weighted by Gasteiger charge is -2.23. The molecule has 4 heteroatoms. The standard InChI is InChI=1S/C17H28N2O2/c1-12(2)14-8-7-13(3)11-15(14)21-10-6-9-17(4,5)16(18)19-20/h7-8,11-12,20H,6,9-10H2,1-5H3,(H2,18,19). The van der Waals surface area contributed by atoms with Gasteiger partial charge >= 0.3 is 0 Å². The van der Waals surface area contributed by atoms with E-state index in [1.807, 2.05) is 13.8 Å². The molecule has 0 radical (unpaired) electrons. The molecule has 0 aliphatic rings. The van der Waals surface area contributed by atoms with Gasteiger partial charge in [0.2, 0.25) is 0 Å². The number of rotatable bonds is 7. The van der Waals surface area contributed by atoms with Crippen LogP contribution in [-0.4, -0.2) is 17.6 Å². The van der Waals surface area contributed by atoms with E-state index < -0.39 is 0 Å². The van der Waals surface area contributed by atoms with Crippen LogP contribution in [0.2, 0.25) is 0 Å². The zero-order chi connectivity index (χ0) is 16.0. The highest BCUT2D eigenvalue weighted by molar-refractivity contribution is 5.85. The van der Waals surface area contributed by atoms with Gasteiger partial charge in [0.15, 0.2) is 0 Å². The fourth-order valence-electron chi connectivity index (χ4n) is 2.20. The third-order valence-corrected chi connectivity index (χ3v) is 3.80. The van der Waals surface area contributed by atoms with E-state index in [2.05, 4.69) is 44.1 Å². The van der Waals surface area contributed by atoms with Gasteiger partial charge in [-0.1, -0.05) is 45.0 Å². The lowest BCUT2D eigenvalue weighted by atomic mass is 9.87. The summed E-state index contributed by atoms with van der Waals surface area (Å²) in [6.45, 7) is 11.0. The van der Waals surface area contributed by atoms with Gasteiger partial charge in [-0.2, -0.15) is 0 Å². The van der Waals surface area contributed by atoms with Crippen molar-refractivity contribution in [3.63, 3.8) is 0 Å². The lowest BCUT2D eigenvalue weighted by Crippen LogP contribution is -2.32. The molecule has 0 fully saturated rings. The number of nitrogens with zero attached hydrogens (tertiary/aromatic N) is 1. The van der Waals surface area contributed by atoms with Gasteiger partial charge in [-0.25, -0.2) is 0 Å². The van der Waals surface area contributed by atoms with E-state index in [0.717, 1.165) is 18.6 Å². The Balaban J connectivity index is 2.59. The molecule has 1 rings (SSSR count).